The van der Waals surface area contributed by atoms with Crippen LogP contribution in [0.1, 0.15) is 258 Å². The van der Waals surface area contributed by atoms with Gasteiger partial charge in [0.25, 0.3) is 7.82 Å². The van der Waals surface area contributed by atoms with Crippen molar-refractivity contribution in [3.63, 3.8) is 0 Å². The van der Waals surface area contributed by atoms with Gasteiger partial charge in [-0.1, -0.05) is 287 Å². The maximum Gasteiger partial charge on any atom is 0.268 e. The van der Waals surface area contributed by atoms with E-state index in [4.69, 9.17) is 9.05 Å². The number of allylic oxidation sites excluding steroid dienone is 25. The monoisotopic (exact) mass is 1180 g/mol. The fourth-order valence-electron chi connectivity index (χ4n) is 8.98. The smallest absolute Gasteiger partial charge is 0.268 e. The molecule has 0 radical (unpaired) electrons. The maximum absolute atomic E-state index is 13.0. The van der Waals surface area contributed by atoms with Crippen molar-refractivity contribution in [2.45, 2.75) is 270 Å². The summed E-state index contributed by atoms with van der Waals surface area (Å²) in [5, 5.41) is 13.9. The Bertz CT molecular complexity index is 1930. The van der Waals surface area contributed by atoms with E-state index in [2.05, 4.69) is 165 Å². The first-order valence-electron chi connectivity index (χ1n) is 33.8. The van der Waals surface area contributed by atoms with Gasteiger partial charge in [-0.2, -0.15) is 0 Å². The van der Waals surface area contributed by atoms with Crippen LogP contribution in [-0.4, -0.2) is 68.5 Å². The number of unbranched alkanes of at least 4 members (excludes halogenated alkanes) is 23. The number of carbonyl (C=O) groups excluding carboxylic acids is 1. The fraction of sp³-hybridized carbons (Fsp3) is 0.640. The van der Waals surface area contributed by atoms with Gasteiger partial charge < -0.3 is 28.8 Å². The summed E-state index contributed by atoms with van der Waals surface area (Å²) in [6, 6.07) is -0.924. The van der Waals surface area contributed by atoms with Crippen LogP contribution in [-0.2, 0) is 18.4 Å². The summed E-state index contributed by atoms with van der Waals surface area (Å²) in [5.74, 6) is -0.221. The highest BCUT2D eigenvalue weighted by molar-refractivity contribution is 7.45. The standard InChI is InChI=1S/C75H127N2O6P/c1-6-8-10-12-14-16-18-20-22-24-26-28-29-30-31-32-33-34-35-36-37-38-39-40-41-42-43-44-45-46-47-49-51-53-55-57-59-61-63-65-67-69-75(79)76-73(72-83-84(80,81)82-71-70-77(3,4)5)74(78)68-66-64-62-60-58-56-54-52-50-48-27-25-23-21-19-17-15-13-11-9-7-2/h8,10,14,16,20,22,26,28,30-31,33-34,36-37,39-40,42-43,45-46,50,52,58,60,66,68,73-74,78H,6-7,9,11-13,15,17-19,21,23-25,27,29,32,35,38,41,44,47-49,51,53-57,59,61-65,67,69-72H2,1-5H3,(H-,76,79,80,81)/b10-8-,16-14-,22-20-,28-26-,31-30-,34-33-,37-36-,40-39-,43-42-,46-45-,52-50+,60-58+,68-66+. The topological polar surface area (TPSA) is 108 Å². The lowest BCUT2D eigenvalue weighted by Crippen LogP contribution is -2.45. The van der Waals surface area contributed by atoms with Gasteiger partial charge >= 0.3 is 0 Å². The number of aliphatic hydroxyl groups excluding tert-OH is 1. The summed E-state index contributed by atoms with van der Waals surface area (Å²) >= 11 is 0. The largest absolute Gasteiger partial charge is 0.756 e. The van der Waals surface area contributed by atoms with E-state index in [9.17, 15) is 19.4 Å². The van der Waals surface area contributed by atoms with Crippen molar-refractivity contribution in [1.82, 2.24) is 5.32 Å². The second kappa shape index (κ2) is 63.6. The highest BCUT2D eigenvalue weighted by Crippen LogP contribution is 2.38. The molecule has 0 aromatic heterocycles. The molecule has 2 N–H and O–H groups in total. The number of phosphoric acid groups is 1. The molecule has 0 fully saturated rings. The van der Waals surface area contributed by atoms with E-state index in [1.807, 2.05) is 27.2 Å². The number of hydrogen-bond acceptors (Lipinski definition) is 6. The first-order chi connectivity index (χ1) is 41.0. The number of rotatable bonds is 60. The number of hydrogen-bond donors (Lipinski definition) is 2. The number of amides is 1. The highest BCUT2D eigenvalue weighted by Gasteiger charge is 2.23. The lowest BCUT2D eigenvalue weighted by molar-refractivity contribution is -0.870. The van der Waals surface area contributed by atoms with Crippen molar-refractivity contribution >= 4 is 13.7 Å². The Labute approximate surface area is 518 Å². The minimum Gasteiger partial charge on any atom is -0.756 e. The summed E-state index contributed by atoms with van der Waals surface area (Å²) in [5.41, 5.74) is 0. The van der Waals surface area contributed by atoms with Crippen LogP contribution in [0.15, 0.2) is 158 Å². The molecule has 3 unspecified atom stereocenters. The third kappa shape index (κ3) is 65.7. The van der Waals surface area contributed by atoms with E-state index in [1.165, 1.54) is 116 Å². The quantitative estimate of drug-likeness (QED) is 0.0272. The van der Waals surface area contributed by atoms with Crippen molar-refractivity contribution in [2.24, 2.45) is 0 Å². The van der Waals surface area contributed by atoms with E-state index >= 15 is 0 Å². The van der Waals surface area contributed by atoms with Crippen molar-refractivity contribution in [3.05, 3.63) is 158 Å². The van der Waals surface area contributed by atoms with Crippen molar-refractivity contribution < 1.29 is 32.9 Å². The number of likely N-dealkylation sites (N-methyl/N-ethyl adjacent to an activating group) is 1. The average Bonchev–Trinajstić information content (AvgIpc) is 3.56. The number of nitrogens with one attached hydrogen (secondary N) is 1. The fourth-order valence-corrected chi connectivity index (χ4v) is 9.70. The summed E-state index contributed by atoms with van der Waals surface area (Å²) in [4.78, 5) is 25.6. The number of phosphoric ester groups is 1. The molecule has 1 amide bonds. The Kier molecular flexibility index (Phi) is 60.7. The third-order valence-electron chi connectivity index (χ3n) is 14.2. The molecule has 0 aromatic rings. The molecule has 0 heterocycles. The zero-order chi connectivity index (χ0) is 61.2. The molecule has 0 saturated carbocycles. The predicted molar refractivity (Wildman–Crippen MR) is 366 cm³/mol. The number of aliphatic hydroxyl groups is 1. The number of carbonyl (C=O) groups is 1. The van der Waals surface area contributed by atoms with Gasteiger partial charge in [0.05, 0.1) is 39.9 Å². The molecule has 84 heavy (non-hydrogen) atoms. The van der Waals surface area contributed by atoms with Gasteiger partial charge in [0.1, 0.15) is 13.2 Å². The zero-order valence-electron chi connectivity index (χ0n) is 54.5. The average molecular weight is 1180 g/mol. The maximum atomic E-state index is 13.0. The van der Waals surface area contributed by atoms with Gasteiger partial charge in [0.2, 0.25) is 5.91 Å². The van der Waals surface area contributed by atoms with Gasteiger partial charge in [-0.15, -0.1) is 0 Å². The highest BCUT2D eigenvalue weighted by atomic mass is 31.2. The van der Waals surface area contributed by atoms with Gasteiger partial charge in [0.15, 0.2) is 0 Å². The molecule has 8 nitrogen and oxygen atoms in total. The van der Waals surface area contributed by atoms with Crippen LogP contribution in [0.3, 0.4) is 0 Å². The number of quaternary nitrogens is 1. The van der Waals surface area contributed by atoms with E-state index in [-0.39, 0.29) is 12.5 Å². The molecular weight excluding hydrogens is 1060 g/mol. The Morgan fingerprint density at radius 2 is 0.738 bits per heavy atom. The van der Waals surface area contributed by atoms with Crippen molar-refractivity contribution in [1.29, 1.82) is 0 Å². The van der Waals surface area contributed by atoms with Crippen molar-refractivity contribution in [3.8, 4) is 0 Å². The summed E-state index contributed by atoms with van der Waals surface area (Å²) in [6.45, 7) is 4.50. The molecule has 0 aromatic carbocycles. The summed E-state index contributed by atoms with van der Waals surface area (Å²) in [7, 11) is 1.22. The molecule has 0 rings (SSSR count). The number of nitrogens with zero attached hydrogens (tertiary/aromatic N) is 1. The Balaban J connectivity index is 4.17. The van der Waals surface area contributed by atoms with Crippen LogP contribution in [0.2, 0.25) is 0 Å². The van der Waals surface area contributed by atoms with E-state index in [1.54, 1.807) is 6.08 Å². The normalized spacial score (nSPS) is 14.7. The lowest BCUT2D eigenvalue weighted by atomic mass is 10.0. The van der Waals surface area contributed by atoms with Crippen LogP contribution >= 0.6 is 7.82 Å². The first-order valence-corrected chi connectivity index (χ1v) is 35.3. The molecule has 0 aliphatic carbocycles. The van der Waals surface area contributed by atoms with Gasteiger partial charge in [0, 0.05) is 6.42 Å². The molecule has 3 atom stereocenters. The second-order valence-electron chi connectivity index (χ2n) is 23.4. The van der Waals surface area contributed by atoms with Crippen LogP contribution in [0.25, 0.3) is 0 Å². The van der Waals surface area contributed by atoms with E-state index < -0.39 is 26.6 Å². The van der Waals surface area contributed by atoms with Crippen LogP contribution in [0, 0.1) is 0 Å². The van der Waals surface area contributed by atoms with Crippen LogP contribution in [0.4, 0.5) is 0 Å². The summed E-state index contributed by atoms with van der Waals surface area (Å²) < 4.78 is 23.4. The van der Waals surface area contributed by atoms with E-state index in [0.29, 0.717) is 17.4 Å². The molecule has 0 spiro atoms. The minimum absolute atomic E-state index is 0.0171. The van der Waals surface area contributed by atoms with Gasteiger partial charge in [-0.05, 0) is 122 Å². The third-order valence-corrected chi connectivity index (χ3v) is 15.2. The molecule has 0 bridgehead atoms. The lowest BCUT2D eigenvalue weighted by Gasteiger charge is -2.29. The Morgan fingerprint density at radius 3 is 1.11 bits per heavy atom. The predicted octanol–water partition coefficient (Wildman–Crippen LogP) is 21.1. The Morgan fingerprint density at radius 1 is 0.429 bits per heavy atom. The molecule has 9 heteroatoms. The Hall–Kier alpha value is -3.88. The SMILES string of the molecule is CC/C=C\C/C=C\C/C=C\C/C=C\C/C=C\C/C=C\C/C=C\C/C=C\C/C=C\C/C=C\CCCCCCCCCCCCC(=O)NC(COP(=O)([O-])OCC[N+](C)(C)C)C(O)/C=C/CC/C=C/CC/C=C/CCCCCCCCCCCCC. The zero-order valence-corrected chi connectivity index (χ0v) is 55.4. The second-order valence-corrected chi connectivity index (χ2v) is 24.8. The van der Waals surface area contributed by atoms with E-state index in [0.717, 1.165) is 122 Å². The molecule has 0 saturated heterocycles. The molecule has 0 aliphatic heterocycles. The molecule has 478 valence electrons. The summed E-state index contributed by atoms with van der Waals surface area (Å²) in [6.07, 6.45) is 99.2. The molecular formula is C75H127N2O6P. The van der Waals surface area contributed by atoms with Gasteiger partial charge in [-0.3, -0.25) is 9.36 Å². The first kappa shape index (κ1) is 80.1. The minimum atomic E-state index is -4.62. The molecule has 0 aliphatic rings. The van der Waals surface area contributed by atoms with Gasteiger partial charge in [-0.25, -0.2) is 0 Å². The van der Waals surface area contributed by atoms with Crippen LogP contribution < -0.4 is 10.2 Å². The van der Waals surface area contributed by atoms with Crippen molar-refractivity contribution in [2.75, 3.05) is 40.9 Å². The van der Waals surface area contributed by atoms with Crippen LogP contribution in [0.5, 0.6) is 0 Å².